The molecule has 0 N–H and O–H groups in total. The second-order valence-corrected chi connectivity index (χ2v) is 8.77. The summed E-state index contributed by atoms with van der Waals surface area (Å²) in [6.45, 7) is 9.31. The second-order valence-electron chi connectivity index (χ2n) is 6.89. The number of carbonyl (C=O) groups is 2. The zero-order chi connectivity index (χ0) is 20.5. The lowest BCUT2D eigenvalue weighted by molar-refractivity contribution is 0.0948. The van der Waals surface area contributed by atoms with Gasteiger partial charge in [-0.2, -0.15) is 4.31 Å². The first-order valence-electron chi connectivity index (χ1n) is 9.76. The topological polar surface area (TPSA) is 78.0 Å². The van der Waals surface area contributed by atoms with Crippen LogP contribution < -0.4 is 0 Å². The lowest BCUT2D eigenvalue weighted by Crippen LogP contribution is -2.50. The molecule has 1 saturated heterocycles. The van der Waals surface area contributed by atoms with E-state index in [1.165, 1.54) is 10.4 Å². The summed E-state index contributed by atoms with van der Waals surface area (Å²) >= 11 is 0. The van der Waals surface area contributed by atoms with E-state index in [2.05, 4.69) is 4.90 Å². The van der Waals surface area contributed by atoms with Crippen LogP contribution in [-0.2, 0) is 10.0 Å². The van der Waals surface area contributed by atoms with E-state index < -0.39 is 21.6 Å². The Morgan fingerprint density at radius 3 is 1.93 bits per heavy atom. The highest BCUT2D eigenvalue weighted by Gasteiger charge is 2.43. The minimum atomic E-state index is -4.08. The lowest BCUT2D eigenvalue weighted by Gasteiger charge is -2.35. The standard InChI is InChI=1S/C20H27N3O4S/c1-4-21-11-13-23(14-12-21)28(26,27)20-17(22(5-2)6-3)18(24)15-9-7-8-10-16(15)19(20)25/h7-10H,4-6,11-14H2,1-3H3. The maximum Gasteiger partial charge on any atom is 0.249 e. The zero-order valence-corrected chi connectivity index (χ0v) is 17.5. The van der Waals surface area contributed by atoms with E-state index in [1.54, 1.807) is 23.1 Å². The van der Waals surface area contributed by atoms with E-state index in [9.17, 15) is 18.0 Å². The van der Waals surface area contributed by atoms with Crippen LogP contribution in [0, 0.1) is 0 Å². The Bertz CT molecular complexity index is 911. The van der Waals surface area contributed by atoms with E-state index in [-0.39, 0.29) is 21.7 Å². The summed E-state index contributed by atoms with van der Waals surface area (Å²) in [6.07, 6.45) is 0. The van der Waals surface area contributed by atoms with Gasteiger partial charge in [0.05, 0.1) is 0 Å². The Hall–Kier alpha value is -2.03. The SMILES string of the molecule is CCN1CCN(S(=O)(=O)C2=C(N(CC)CC)C(=O)c3ccccc3C2=O)CC1. The van der Waals surface area contributed by atoms with E-state index in [1.807, 2.05) is 20.8 Å². The minimum Gasteiger partial charge on any atom is -0.368 e. The van der Waals surface area contributed by atoms with Gasteiger partial charge >= 0.3 is 0 Å². The van der Waals surface area contributed by atoms with Crippen molar-refractivity contribution in [2.75, 3.05) is 45.8 Å². The third-order valence-electron chi connectivity index (χ3n) is 5.51. The number of rotatable bonds is 6. The number of benzene rings is 1. The molecule has 0 radical (unpaired) electrons. The number of fused-ring (bicyclic) bond motifs is 1. The Balaban J connectivity index is 2.14. The smallest absolute Gasteiger partial charge is 0.249 e. The summed E-state index contributed by atoms with van der Waals surface area (Å²) in [5.41, 5.74) is 0.435. The first-order valence-corrected chi connectivity index (χ1v) is 11.2. The molecule has 1 heterocycles. The van der Waals surface area contributed by atoms with E-state index in [0.717, 1.165) is 6.54 Å². The Kier molecular flexibility index (Phi) is 6.02. The van der Waals surface area contributed by atoms with Crippen LogP contribution in [0.3, 0.4) is 0 Å². The minimum absolute atomic E-state index is 0.00613. The molecule has 3 rings (SSSR count). The first-order chi connectivity index (χ1) is 13.4. The summed E-state index contributed by atoms with van der Waals surface area (Å²) in [5, 5.41) is 0. The molecule has 28 heavy (non-hydrogen) atoms. The van der Waals surface area contributed by atoms with Gasteiger partial charge in [0, 0.05) is 50.4 Å². The maximum absolute atomic E-state index is 13.5. The molecule has 0 bridgehead atoms. The summed E-state index contributed by atoms with van der Waals surface area (Å²) in [5.74, 6) is -0.986. The zero-order valence-electron chi connectivity index (χ0n) is 16.6. The molecule has 1 aliphatic carbocycles. The molecular formula is C20H27N3O4S. The van der Waals surface area contributed by atoms with E-state index in [0.29, 0.717) is 39.3 Å². The van der Waals surface area contributed by atoms with Gasteiger partial charge in [-0.1, -0.05) is 31.2 Å². The molecule has 1 aromatic rings. The number of piperazine rings is 1. The molecule has 0 spiro atoms. The van der Waals surface area contributed by atoms with Crippen LogP contribution in [0.15, 0.2) is 34.9 Å². The third-order valence-corrected chi connectivity index (χ3v) is 7.45. The predicted octanol–water partition coefficient (Wildman–Crippen LogP) is 1.59. The van der Waals surface area contributed by atoms with Crippen LogP contribution in [0.5, 0.6) is 0 Å². The van der Waals surface area contributed by atoms with Crippen LogP contribution in [0.1, 0.15) is 41.5 Å². The van der Waals surface area contributed by atoms with Crippen LogP contribution >= 0.6 is 0 Å². The maximum atomic E-state index is 13.5. The largest absolute Gasteiger partial charge is 0.368 e. The molecule has 0 unspecified atom stereocenters. The van der Waals surface area contributed by atoms with Gasteiger partial charge < -0.3 is 9.80 Å². The highest BCUT2D eigenvalue weighted by Crippen LogP contribution is 2.33. The van der Waals surface area contributed by atoms with Gasteiger partial charge in [-0.3, -0.25) is 9.59 Å². The molecule has 152 valence electrons. The Morgan fingerprint density at radius 1 is 0.893 bits per heavy atom. The summed E-state index contributed by atoms with van der Waals surface area (Å²) in [7, 11) is -4.08. The fourth-order valence-corrected chi connectivity index (χ4v) is 5.53. The molecule has 1 aromatic carbocycles. The monoisotopic (exact) mass is 405 g/mol. The van der Waals surface area contributed by atoms with Crippen molar-refractivity contribution >= 4 is 21.6 Å². The molecule has 2 aliphatic rings. The number of Topliss-reactive ketones (excluding diaryl/α,β-unsaturated/α-hetero) is 2. The molecule has 0 amide bonds. The van der Waals surface area contributed by atoms with Gasteiger partial charge in [0.2, 0.25) is 21.6 Å². The molecule has 1 aliphatic heterocycles. The summed E-state index contributed by atoms with van der Waals surface area (Å²) in [4.78, 5) is 29.9. The molecule has 8 heteroatoms. The van der Waals surface area contributed by atoms with Crippen molar-refractivity contribution in [2.45, 2.75) is 20.8 Å². The summed E-state index contributed by atoms with van der Waals surface area (Å²) in [6, 6.07) is 6.45. The third kappa shape index (κ3) is 3.40. The van der Waals surface area contributed by atoms with Crippen molar-refractivity contribution in [3.8, 4) is 0 Å². The number of hydrogen-bond donors (Lipinski definition) is 0. The predicted molar refractivity (Wildman–Crippen MR) is 108 cm³/mol. The molecule has 0 atom stereocenters. The van der Waals surface area contributed by atoms with Gasteiger partial charge in [-0.25, -0.2) is 8.42 Å². The molecular weight excluding hydrogens is 378 g/mol. The normalized spacial score (nSPS) is 19.1. The highest BCUT2D eigenvalue weighted by atomic mass is 32.2. The van der Waals surface area contributed by atoms with Crippen molar-refractivity contribution in [3.63, 3.8) is 0 Å². The fraction of sp³-hybridized carbons (Fsp3) is 0.500. The van der Waals surface area contributed by atoms with Crippen LogP contribution in [0.25, 0.3) is 0 Å². The van der Waals surface area contributed by atoms with Gasteiger partial charge in [0.25, 0.3) is 0 Å². The second kappa shape index (κ2) is 8.14. The van der Waals surface area contributed by atoms with Crippen molar-refractivity contribution in [2.24, 2.45) is 0 Å². The molecule has 7 nitrogen and oxygen atoms in total. The number of hydrogen-bond acceptors (Lipinski definition) is 6. The Morgan fingerprint density at radius 2 is 1.43 bits per heavy atom. The average molecular weight is 406 g/mol. The molecule has 1 fully saturated rings. The lowest BCUT2D eigenvalue weighted by atomic mass is 9.92. The highest BCUT2D eigenvalue weighted by molar-refractivity contribution is 7.94. The van der Waals surface area contributed by atoms with E-state index >= 15 is 0 Å². The number of sulfonamides is 1. The van der Waals surface area contributed by atoms with Gasteiger partial charge in [-0.05, 0) is 20.4 Å². The molecule has 0 aromatic heterocycles. The van der Waals surface area contributed by atoms with Crippen LogP contribution in [-0.4, -0.2) is 79.9 Å². The summed E-state index contributed by atoms with van der Waals surface area (Å²) < 4.78 is 28.3. The molecule has 0 saturated carbocycles. The quantitative estimate of drug-likeness (QED) is 0.715. The van der Waals surface area contributed by atoms with Gasteiger partial charge in [0.15, 0.2) is 4.91 Å². The number of allylic oxidation sites excluding steroid dienone is 2. The van der Waals surface area contributed by atoms with Gasteiger partial charge in [-0.15, -0.1) is 0 Å². The van der Waals surface area contributed by atoms with Crippen LogP contribution in [0.2, 0.25) is 0 Å². The average Bonchev–Trinajstić information content (AvgIpc) is 2.72. The van der Waals surface area contributed by atoms with Crippen molar-refractivity contribution in [1.82, 2.24) is 14.1 Å². The number of nitrogens with zero attached hydrogens (tertiary/aromatic N) is 3. The number of ketones is 2. The Labute approximate surface area is 166 Å². The van der Waals surface area contributed by atoms with E-state index in [4.69, 9.17) is 0 Å². The fourth-order valence-electron chi connectivity index (χ4n) is 3.82. The van der Waals surface area contributed by atoms with Crippen LogP contribution in [0.4, 0.5) is 0 Å². The number of carbonyl (C=O) groups excluding carboxylic acids is 2. The van der Waals surface area contributed by atoms with Crippen molar-refractivity contribution < 1.29 is 18.0 Å². The van der Waals surface area contributed by atoms with Crippen molar-refractivity contribution in [1.29, 1.82) is 0 Å². The van der Waals surface area contributed by atoms with Crippen molar-refractivity contribution in [3.05, 3.63) is 46.0 Å². The first kappa shape index (κ1) is 20.7. The number of likely N-dealkylation sites (N-methyl/N-ethyl adjacent to an activating group) is 2. The van der Waals surface area contributed by atoms with Gasteiger partial charge in [0.1, 0.15) is 5.70 Å².